The summed E-state index contributed by atoms with van der Waals surface area (Å²) in [7, 11) is 2.63. The maximum atomic E-state index is 11.6. The van der Waals surface area contributed by atoms with Gasteiger partial charge in [-0.1, -0.05) is 0 Å². The van der Waals surface area contributed by atoms with Crippen LogP contribution in [0.5, 0.6) is 0 Å². The third-order valence-electron chi connectivity index (χ3n) is 3.64. The summed E-state index contributed by atoms with van der Waals surface area (Å²) in [6.07, 6.45) is -2.68. The number of ether oxygens (including phenoxy) is 2. The largest absolute Gasteiger partial charge is 0.490 e. The molecule has 1 amide bonds. The first-order valence-electron chi connectivity index (χ1n) is 8.48. The van der Waals surface area contributed by atoms with Gasteiger partial charge in [0, 0.05) is 18.3 Å². The molecule has 0 spiro atoms. The van der Waals surface area contributed by atoms with Crippen molar-refractivity contribution in [3.63, 3.8) is 0 Å². The van der Waals surface area contributed by atoms with Crippen LogP contribution in [0.2, 0.25) is 0 Å². The number of amides is 1. The molecule has 1 aromatic rings. The molecule has 0 aromatic carbocycles. The van der Waals surface area contributed by atoms with Crippen LogP contribution in [0.4, 0.5) is 13.2 Å². The summed E-state index contributed by atoms with van der Waals surface area (Å²) >= 11 is 0. The van der Waals surface area contributed by atoms with Gasteiger partial charge in [0.25, 0.3) is 0 Å². The average Bonchev–Trinajstić information content (AvgIpc) is 3.04. The van der Waals surface area contributed by atoms with Crippen molar-refractivity contribution in [2.75, 3.05) is 14.2 Å². The molecule has 5 N–H and O–H groups in total. The molecule has 0 radical (unpaired) electrons. The topological polar surface area (TPSA) is 161 Å². The van der Waals surface area contributed by atoms with Crippen LogP contribution in [0, 0.1) is 0 Å². The van der Waals surface area contributed by atoms with E-state index in [2.05, 4.69) is 15.0 Å². The van der Waals surface area contributed by atoms with Gasteiger partial charge in [-0.05, 0) is 24.5 Å². The van der Waals surface area contributed by atoms with Gasteiger partial charge in [-0.3, -0.25) is 14.4 Å². The molecular weight excluding hydrogens is 415 g/mol. The average molecular weight is 439 g/mol. The Hall–Kier alpha value is -3.09. The Morgan fingerprint density at radius 1 is 1.20 bits per heavy atom. The van der Waals surface area contributed by atoms with E-state index in [-0.39, 0.29) is 31.3 Å². The molecule has 0 aliphatic heterocycles. The molecule has 170 valence electrons. The molecule has 1 atom stereocenters. The van der Waals surface area contributed by atoms with Gasteiger partial charge in [-0.15, -0.1) is 0 Å². The predicted molar refractivity (Wildman–Crippen MR) is 96.0 cm³/mol. The van der Waals surface area contributed by atoms with E-state index in [4.69, 9.17) is 20.4 Å². The summed E-state index contributed by atoms with van der Waals surface area (Å²) in [4.78, 5) is 46.3. The van der Waals surface area contributed by atoms with Gasteiger partial charge in [0.05, 0.1) is 33.2 Å². The number of carboxylic acids is 1. The SMILES string of the molecule is COC(=O)CCc1c[nH]c(CNC(=O)[C@H](C)N)c1CC(=O)OC.O=C(O)C(F)(F)F. The second kappa shape index (κ2) is 12.5. The van der Waals surface area contributed by atoms with Crippen LogP contribution in [0.15, 0.2) is 6.20 Å². The molecule has 30 heavy (non-hydrogen) atoms. The zero-order valence-corrected chi connectivity index (χ0v) is 16.6. The van der Waals surface area contributed by atoms with E-state index >= 15 is 0 Å². The van der Waals surface area contributed by atoms with Gasteiger partial charge in [-0.2, -0.15) is 13.2 Å². The lowest BCUT2D eigenvalue weighted by Crippen LogP contribution is -2.38. The van der Waals surface area contributed by atoms with Gasteiger partial charge in [0.2, 0.25) is 5.91 Å². The summed E-state index contributed by atoms with van der Waals surface area (Å²) in [5.41, 5.74) is 7.70. The zero-order chi connectivity index (χ0) is 23.5. The van der Waals surface area contributed by atoms with Crippen molar-refractivity contribution in [1.29, 1.82) is 0 Å². The number of hydrogen-bond acceptors (Lipinski definition) is 7. The zero-order valence-electron chi connectivity index (χ0n) is 16.6. The number of halogens is 3. The normalized spacial score (nSPS) is 11.6. The quantitative estimate of drug-likeness (QED) is 0.424. The van der Waals surface area contributed by atoms with Crippen molar-refractivity contribution in [2.24, 2.45) is 5.73 Å². The fraction of sp³-hybridized carbons (Fsp3) is 0.529. The number of hydrogen-bond donors (Lipinski definition) is 4. The first kappa shape index (κ1) is 26.9. The molecule has 0 bridgehead atoms. The Kier molecular flexibility index (Phi) is 11.2. The van der Waals surface area contributed by atoms with E-state index in [0.29, 0.717) is 17.7 Å². The van der Waals surface area contributed by atoms with E-state index in [9.17, 15) is 27.6 Å². The molecule has 0 fully saturated rings. The Balaban J connectivity index is 0.00000103. The van der Waals surface area contributed by atoms with Crippen molar-refractivity contribution in [3.8, 4) is 0 Å². The number of carbonyl (C=O) groups excluding carboxylic acids is 3. The van der Waals surface area contributed by atoms with E-state index < -0.39 is 24.2 Å². The summed E-state index contributed by atoms with van der Waals surface area (Å²) < 4.78 is 41.0. The Morgan fingerprint density at radius 3 is 2.17 bits per heavy atom. The van der Waals surface area contributed by atoms with Crippen molar-refractivity contribution >= 4 is 23.8 Å². The molecule has 0 saturated carbocycles. The number of nitrogens with one attached hydrogen (secondary N) is 2. The number of aromatic amines is 1. The lowest BCUT2D eigenvalue weighted by Gasteiger charge is -2.09. The van der Waals surface area contributed by atoms with E-state index in [1.807, 2.05) is 0 Å². The van der Waals surface area contributed by atoms with Crippen LogP contribution in [-0.2, 0) is 48.0 Å². The van der Waals surface area contributed by atoms with Crippen LogP contribution in [0.3, 0.4) is 0 Å². The lowest BCUT2D eigenvalue weighted by molar-refractivity contribution is -0.192. The maximum absolute atomic E-state index is 11.6. The van der Waals surface area contributed by atoms with Crippen molar-refractivity contribution < 1.29 is 46.9 Å². The van der Waals surface area contributed by atoms with Crippen LogP contribution < -0.4 is 11.1 Å². The molecule has 1 aromatic heterocycles. The monoisotopic (exact) mass is 439 g/mol. The molecule has 0 saturated heterocycles. The van der Waals surface area contributed by atoms with Gasteiger partial charge in [0.1, 0.15) is 0 Å². The number of aliphatic carboxylic acids is 1. The molecule has 1 rings (SSSR count). The molecule has 10 nitrogen and oxygen atoms in total. The number of carboxylic acid groups (broad SMARTS) is 1. The Labute approximate surface area is 169 Å². The van der Waals surface area contributed by atoms with Crippen molar-refractivity contribution in [3.05, 3.63) is 23.0 Å². The molecule has 0 aliphatic carbocycles. The Morgan fingerprint density at radius 2 is 1.73 bits per heavy atom. The van der Waals surface area contributed by atoms with Gasteiger partial charge >= 0.3 is 24.1 Å². The number of nitrogens with two attached hydrogens (primary N) is 1. The summed E-state index contributed by atoms with van der Waals surface area (Å²) in [6, 6.07) is -0.618. The van der Waals surface area contributed by atoms with Crippen LogP contribution in [0.25, 0.3) is 0 Å². The van der Waals surface area contributed by atoms with E-state index in [1.54, 1.807) is 13.1 Å². The molecule has 0 unspecified atom stereocenters. The first-order valence-corrected chi connectivity index (χ1v) is 8.48. The third-order valence-corrected chi connectivity index (χ3v) is 3.64. The van der Waals surface area contributed by atoms with Gasteiger partial charge in [-0.25, -0.2) is 4.79 Å². The number of aromatic nitrogens is 1. The van der Waals surface area contributed by atoms with Gasteiger partial charge in [0.15, 0.2) is 0 Å². The minimum Gasteiger partial charge on any atom is -0.475 e. The van der Waals surface area contributed by atoms with Crippen molar-refractivity contribution in [2.45, 2.75) is 44.9 Å². The highest BCUT2D eigenvalue weighted by atomic mass is 19.4. The fourth-order valence-corrected chi connectivity index (χ4v) is 2.04. The number of alkyl halides is 3. The number of rotatable bonds is 8. The number of H-pyrrole nitrogens is 1. The number of methoxy groups -OCH3 is 2. The number of esters is 2. The van der Waals surface area contributed by atoms with Crippen molar-refractivity contribution in [1.82, 2.24) is 10.3 Å². The summed E-state index contributed by atoms with van der Waals surface area (Å²) in [6.45, 7) is 1.80. The van der Waals surface area contributed by atoms with Gasteiger partial charge < -0.3 is 30.6 Å². The molecule has 1 heterocycles. The van der Waals surface area contributed by atoms with Crippen LogP contribution in [-0.4, -0.2) is 60.3 Å². The standard InChI is InChI=1S/C15H23N3O5.C2HF3O2/c1-9(16)15(21)18-8-12-11(6-14(20)23-3)10(7-17-12)4-5-13(19)22-2;3-2(4,5)1(6)7/h7,9,17H,4-6,8,16H2,1-3H3,(H,18,21);(H,6,7)/t9-;/m0./s1. The number of aryl methyl sites for hydroxylation is 1. The minimum atomic E-state index is -5.08. The van der Waals surface area contributed by atoms with E-state index in [1.165, 1.54) is 14.2 Å². The van der Waals surface area contributed by atoms with E-state index in [0.717, 1.165) is 5.56 Å². The molecular formula is C17H24F3N3O7. The minimum absolute atomic E-state index is 0.0554. The lowest BCUT2D eigenvalue weighted by atomic mass is 10.0. The fourth-order valence-electron chi connectivity index (χ4n) is 2.04. The smallest absolute Gasteiger partial charge is 0.475 e. The highest BCUT2D eigenvalue weighted by Gasteiger charge is 2.38. The maximum Gasteiger partial charge on any atom is 0.490 e. The predicted octanol–water partition coefficient (Wildman–Crippen LogP) is 0.433. The van der Waals surface area contributed by atoms with Crippen LogP contribution in [0.1, 0.15) is 30.2 Å². The third kappa shape index (κ3) is 9.91. The summed E-state index contributed by atoms with van der Waals surface area (Å²) in [5.74, 6) is -3.78. The molecule has 13 heteroatoms. The second-order valence-corrected chi connectivity index (χ2v) is 5.91. The summed E-state index contributed by atoms with van der Waals surface area (Å²) in [5, 5.41) is 9.81. The highest BCUT2D eigenvalue weighted by Crippen LogP contribution is 2.18. The highest BCUT2D eigenvalue weighted by molar-refractivity contribution is 5.81. The van der Waals surface area contributed by atoms with Crippen LogP contribution >= 0.6 is 0 Å². The first-order chi connectivity index (χ1) is 13.8. The second-order valence-electron chi connectivity index (χ2n) is 5.91. The Bertz CT molecular complexity index is 745. The number of carbonyl (C=O) groups is 4. The molecule has 0 aliphatic rings.